The van der Waals surface area contributed by atoms with Crippen LogP contribution in [0, 0.1) is 5.92 Å². The molecule has 7 nitrogen and oxygen atoms in total. The second kappa shape index (κ2) is 10.0. The summed E-state index contributed by atoms with van der Waals surface area (Å²) in [6.45, 7) is 2.96. The van der Waals surface area contributed by atoms with Crippen molar-refractivity contribution >= 4 is 22.6 Å². The van der Waals surface area contributed by atoms with Crippen molar-refractivity contribution in [3.8, 4) is 11.5 Å². The molecule has 170 valence electrons. The van der Waals surface area contributed by atoms with E-state index in [-0.39, 0.29) is 5.91 Å². The summed E-state index contributed by atoms with van der Waals surface area (Å²) in [5, 5.41) is 2.97. The second-order valence-electron chi connectivity index (χ2n) is 8.45. The number of likely N-dealkylation sites (tertiary alicyclic amines) is 1. The Morgan fingerprint density at radius 1 is 1.12 bits per heavy atom. The molecule has 1 N–H and O–H groups in total. The number of amides is 1. The lowest BCUT2D eigenvalue weighted by molar-refractivity contribution is -0.116. The number of nitrogens with one attached hydrogen (secondary N) is 1. The van der Waals surface area contributed by atoms with E-state index in [4.69, 9.17) is 14.5 Å². The maximum atomic E-state index is 12.5. The third-order valence-electron chi connectivity index (χ3n) is 6.41. The van der Waals surface area contributed by atoms with Crippen molar-refractivity contribution in [3.05, 3.63) is 48.3 Å². The lowest BCUT2D eigenvalue weighted by Gasteiger charge is -2.31. The molecule has 1 aliphatic rings. The molecule has 4 rings (SSSR count). The zero-order valence-electron chi connectivity index (χ0n) is 19.1. The highest BCUT2D eigenvalue weighted by molar-refractivity contribution is 5.92. The van der Waals surface area contributed by atoms with Crippen molar-refractivity contribution < 1.29 is 14.3 Å². The third-order valence-corrected chi connectivity index (χ3v) is 6.41. The van der Waals surface area contributed by atoms with E-state index in [0.29, 0.717) is 29.5 Å². The Morgan fingerprint density at radius 2 is 1.91 bits per heavy atom. The first-order valence-corrected chi connectivity index (χ1v) is 11.2. The van der Waals surface area contributed by atoms with Crippen molar-refractivity contribution in [1.82, 2.24) is 14.5 Å². The largest absolute Gasteiger partial charge is 0.497 e. The van der Waals surface area contributed by atoms with Crippen molar-refractivity contribution in [2.24, 2.45) is 13.0 Å². The van der Waals surface area contributed by atoms with Gasteiger partial charge in [0, 0.05) is 19.5 Å². The molecule has 2 heterocycles. The minimum absolute atomic E-state index is 0.0237. The standard InChI is InChI=1S/C25H32N4O3/c1-28-22-7-5-4-6-20(22)26-24(28)17-29-14-12-18(13-15-29)8-11-25(30)27-21-10-9-19(31-2)16-23(21)32-3/h4-7,9-10,16,18H,8,11-15,17H2,1-3H3,(H,27,30). The Kier molecular flexibility index (Phi) is 6.95. The average Bonchev–Trinajstić information content (AvgIpc) is 3.14. The van der Waals surface area contributed by atoms with E-state index in [1.165, 1.54) is 5.52 Å². The molecular weight excluding hydrogens is 404 g/mol. The number of nitrogens with zero attached hydrogens (tertiary/aromatic N) is 3. The smallest absolute Gasteiger partial charge is 0.224 e. The SMILES string of the molecule is COc1ccc(NC(=O)CCC2CCN(Cc3nc4ccccc4n3C)CC2)c(OC)c1. The van der Waals surface area contributed by atoms with Gasteiger partial charge in [0.25, 0.3) is 0 Å². The van der Waals surface area contributed by atoms with Gasteiger partial charge in [-0.1, -0.05) is 12.1 Å². The van der Waals surface area contributed by atoms with Crippen LogP contribution in [0.5, 0.6) is 11.5 Å². The highest BCUT2D eigenvalue weighted by Gasteiger charge is 2.22. The van der Waals surface area contributed by atoms with E-state index in [1.54, 1.807) is 20.3 Å². The molecule has 7 heteroatoms. The highest BCUT2D eigenvalue weighted by atomic mass is 16.5. The Labute approximate surface area is 189 Å². The number of anilines is 1. The number of carbonyl (C=O) groups excluding carboxylic acids is 1. The molecule has 1 amide bonds. The van der Waals surface area contributed by atoms with Crippen LogP contribution in [0.25, 0.3) is 11.0 Å². The number of hydrogen-bond donors (Lipinski definition) is 1. The predicted octanol–water partition coefficient (Wildman–Crippen LogP) is 4.22. The van der Waals surface area contributed by atoms with Crippen LogP contribution in [0.2, 0.25) is 0 Å². The Morgan fingerprint density at radius 3 is 2.62 bits per heavy atom. The average molecular weight is 437 g/mol. The fraction of sp³-hybridized carbons (Fsp3) is 0.440. The maximum Gasteiger partial charge on any atom is 0.224 e. The van der Waals surface area contributed by atoms with E-state index in [0.717, 1.165) is 50.2 Å². The summed E-state index contributed by atoms with van der Waals surface area (Å²) in [6, 6.07) is 13.7. The van der Waals surface area contributed by atoms with Crippen LogP contribution in [0.1, 0.15) is 31.5 Å². The van der Waals surface area contributed by atoms with Crippen molar-refractivity contribution in [2.75, 3.05) is 32.6 Å². The number of para-hydroxylation sites is 2. The molecule has 1 fully saturated rings. The van der Waals surface area contributed by atoms with E-state index >= 15 is 0 Å². The van der Waals surface area contributed by atoms with Crippen LogP contribution in [-0.4, -0.2) is 47.7 Å². The minimum Gasteiger partial charge on any atom is -0.497 e. The van der Waals surface area contributed by atoms with Gasteiger partial charge in [-0.25, -0.2) is 4.98 Å². The molecule has 0 spiro atoms. The zero-order chi connectivity index (χ0) is 22.5. The number of imidazole rings is 1. The number of fused-ring (bicyclic) bond motifs is 1. The minimum atomic E-state index is 0.0237. The quantitative estimate of drug-likeness (QED) is 0.573. The molecule has 32 heavy (non-hydrogen) atoms. The Bertz CT molecular complexity index is 1070. The fourth-order valence-corrected chi connectivity index (χ4v) is 4.42. The highest BCUT2D eigenvalue weighted by Crippen LogP contribution is 2.30. The van der Waals surface area contributed by atoms with Gasteiger partial charge >= 0.3 is 0 Å². The summed E-state index contributed by atoms with van der Waals surface area (Å²) in [5.74, 6) is 3.02. The number of carbonyl (C=O) groups is 1. The summed E-state index contributed by atoms with van der Waals surface area (Å²) in [7, 11) is 5.29. The molecule has 0 radical (unpaired) electrons. The fourth-order valence-electron chi connectivity index (χ4n) is 4.42. The predicted molar refractivity (Wildman–Crippen MR) is 126 cm³/mol. The topological polar surface area (TPSA) is 68.6 Å². The van der Waals surface area contributed by atoms with Gasteiger partial charge in [0.1, 0.15) is 17.3 Å². The van der Waals surface area contributed by atoms with E-state index < -0.39 is 0 Å². The summed E-state index contributed by atoms with van der Waals surface area (Å²) < 4.78 is 12.8. The van der Waals surface area contributed by atoms with Gasteiger partial charge < -0.3 is 19.4 Å². The van der Waals surface area contributed by atoms with Gasteiger partial charge in [-0.05, 0) is 62.5 Å². The first kappa shape index (κ1) is 22.1. The number of piperidine rings is 1. The molecule has 0 saturated carbocycles. The van der Waals surface area contributed by atoms with Gasteiger partial charge in [-0.15, -0.1) is 0 Å². The van der Waals surface area contributed by atoms with Gasteiger partial charge in [-0.3, -0.25) is 9.69 Å². The van der Waals surface area contributed by atoms with Crippen LogP contribution in [0.15, 0.2) is 42.5 Å². The maximum absolute atomic E-state index is 12.5. The molecule has 0 aliphatic carbocycles. The monoisotopic (exact) mass is 436 g/mol. The number of ether oxygens (including phenoxy) is 2. The first-order valence-electron chi connectivity index (χ1n) is 11.2. The van der Waals surface area contributed by atoms with Gasteiger partial charge in [0.15, 0.2) is 0 Å². The van der Waals surface area contributed by atoms with Crippen LogP contribution < -0.4 is 14.8 Å². The molecule has 1 aliphatic heterocycles. The van der Waals surface area contributed by atoms with E-state index in [9.17, 15) is 4.79 Å². The summed E-state index contributed by atoms with van der Waals surface area (Å²) >= 11 is 0. The van der Waals surface area contributed by atoms with Gasteiger partial charge in [0.05, 0.1) is 37.5 Å². The molecule has 0 bridgehead atoms. The van der Waals surface area contributed by atoms with E-state index in [2.05, 4.69) is 40.0 Å². The third kappa shape index (κ3) is 5.05. The normalized spacial score (nSPS) is 15.1. The summed E-state index contributed by atoms with van der Waals surface area (Å²) in [4.78, 5) is 19.8. The number of hydrogen-bond acceptors (Lipinski definition) is 5. The Hall–Kier alpha value is -3.06. The van der Waals surface area contributed by atoms with Crippen molar-refractivity contribution in [3.63, 3.8) is 0 Å². The van der Waals surface area contributed by atoms with Crippen LogP contribution in [-0.2, 0) is 18.4 Å². The second-order valence-corrected chi connectivity index (χ2v) is 8.45. The van der Waals surface area contributed by atoms with Crippen molar-refractivity contribution in [1.29, 1.82) is 0 Å². The summed E-state index contributed by atoms with van der Waals surface area (Å²) in [5.41, 5.74) is 2.91. The van der Waals surface area contributed by atoms with Crippen molar-refractivity contribution in [2.45, 2.75) is 32.2 Å². The zero-order valence-corrected chi connectivity index (χ0v) is 19.1. The number of methoxy groups -OCH3 is 2. The molecule has 0 unspecified atom stereocenters. The van der Waals surface area contributed by atoms with Gasteiger partial charge in [-0.2, -0.15) is 0 Å². The summed E-state index contributed by atoms with van der Waals surface area (Å²) in [6.07, 6.45) is 3.65. The number of rotatable bonds is 8. The van der Waals surface area contributed by atoms with E-state index in [1.807, 2.05) is 18.2 Å². The van der Waals surface area contributed by atoms with Crippen LogP contribution in [0.3, 0.4) is 0 Å². The number of aromatic nitrogens is 2. The molecule has 3 aromatic rings. The molecule has 1 aromatic heterocycles. The molecular formula is C25H32N4O3. The molecule has 2 aromatic carbocycles. The van der Waals surface area contributed by atoms with Gasteiger partial charge in [0.2, 0.25) is 5.91 Å². The Balaban J connectivity index is 1.24. The lowest BCUT2D eigenvalue weighted by atomic mass is 9.92. The first-order chi connectivity index (χ1) is 15.6. The number of benzene rings is 2. The van der Waals surface area contributed by atoms with Crippen LogP contribution >= 0.6 is 0 Å². The molecule has 1 saturated heterocycles. The lowest BCUT2D eigenvalue weighted by Crippen LogP contribution is -2.34. The number of aryl methyl sites for hydroxylation is 1. The van der Waals surface area contributed by atoms with Crippen LogP contribution in [0.4, 0.5) is 5.69 Å². The molecule has 0 atom stereocenters.